The average molecular weight is 113 g/mol. The van der Waals surface area contributed by atoms with Crippen molar-refractivity contribution in [1.82, 2.24) is 0 Å². The highest BCUT2D eigenvalue weighted by molar-refractivity contribution is 5.63. The zero-order valence-corrected chi connectivity index (χ0v) is 5.05. The molecule has 0 radical (unpaired) electrons. The third-order valence-electron chi connectivity index (χ3n) is 1.14. The van der Waals surface area contributed by atoms with Gasteiger partial charge in [-0.25, -0.2) is 0 Å². The number of carbonyl (C=O) groups is 1. The molecule has 0 aromatic carbocycles. The van der Waals surface area contributed by atoms with E-state index in [4.69, 9.17) is 5.41 Å². The lowest BCUT2D eigenvalue weighted by molar-refractivity contribution is -0.110. The van der Waals surface area contributed by atoms with Crippen LogP contribution in [0.15, 0.2) is 0 Å². The predicted octanol–water partition coefficient (Wildman–Crippen LogP) is 1.25. The molecule has 8 heavy (non-hydrogen) atoms. The maximum absolute atomic E-state index is 10.0. The van der Waals surface area contributed by atoms with Gasteiger partial charge in [0.1, 0.15) is 6.29 Å². The fourth-order valence-electron chi connectivity index (χ4n) is 0.470. The van der Waals surface area contributed by atoms with Gasteiger partial charge in [-0.05, 0) is 19.1 Å². The maximum atomic E-state index is 10.0. The topological polar surface area (TPSA) is 40.9 Å². The van der Waals surface area contributed by atoms with Crippen molar-refractivity contribution in [3.05, 3.63) is 0 Å². The minimum absolute atomic E-state index is 0.0764. The van der Waals surface area contributed by atoms with Gasteiger partial charge in [0, 0.05) is 5.92 Å². The number of hydrogen-bond acceptors (Lipinski definition) is 2. The molecule has 0 aromatic heterocycles. The Labute approximate surface area is 49.4 Å². The zero-order valence-electron chi connectivity index (χ0n) is 5.05. The summed E-state index contributed by atoms with van der Waals surface area (Å²) in [6.07, 6.45) is 3.63. The van der Waals surface area contributed by atoms with Crippen LogP contribution in [0.3, 0.4) is 0 Å². The number of nitrogens with one attached hydrogen (secondary N) is 1. The third kappa shape index (κ3) is 2.50. The van der Waals surface area contributed by atoms with Crippen LogP contribution < -0.4 is 0 Å². The molecule has 0 spiro atoms. The van der Waals surface area contributed by atoms with Crippen molar-refractivity contribution in [3.63, 3.8) is 0 Å². The Morgan fingerprint density at radius 2 is 2.38 bits per heavy atom. The van der Waals surface area contributed by atoms with Crippen LogP contribution in [0.4, 0.5) is 0 Å². The monoisotopic (exact) mass is 113 g/mol. The summed E-state index contributed by atoms with van der Waals surface area (Å²) in [5.74, 6) is 0.0764. The van der Waals surface area contributed by atoms with E-state index in [9.17, 15) is 4.79 Å². The Bertz CT molecular complexity index is 80.6. The third-order valence-corrected chi connectivity index (χ3v) is 1.14. The summed E-state index contributed by atoms with van der Waals surface area (Å²) in [4.78, 5) is 10.0. The van der Waals surface area contributed by atoms with Gasteiger partial charge in [0.15, 0.2) is 0 Å². The van der Waals surface area contributed by atoms with Crippen LogP contribution in [0.5, 0.6) is 0 Å². The number of rotatable bonds is 4. The maximum Gasteiger partial charge on any atom is 0.123 e. The second kappa shape index (κ2) is 4.50. The van der Waals surface area contributed by atoms with Crippen LogP contribution >= 0.6 is 0 Å². The van der Waals surface area contributed by atoms with Crippen molar-refractivity contribution in [2.24, 2.45) is 5.92 Å². The zero-order chi connectivity index (χ0) is 6.41. The first kappa shape index (κ1) is 7.34. The summed E-state index contributed by atoms with van der Waals surface area (Å²) >= 11 is 0. The molecule has 0 fully saturated rings. The van der Waals surface area contributed by atoms with E-state index < -0.39 is 0 Å². The first-order chi connectivity index (χ1) is 3.85. The second-order valence-corrected chi connectivity index (χ2v) is 1.74. The first-order valence-corrected chi connectivity index (χ1v) is 2.79. The van der Waals surface area contributed by atoms with Crippen molar-refractivity contribution in [3.8, 4) is 0 Å². The van der Waals surface area contributed by atoms with E-state index in [0.717, 1.165) is 12.7 Å². The lowest BCUT2D eigenvalue weighted by atomic mass is 10.1. The summed E-state index contributed by atoms with van der Waals surface area (Å²) in [6, 6.07) is 0. The lowest BCUT2D eigenvalue weighted by Crippen LogP contribution is -1.99. The number of carbonyl (C=O) groups excluding carboxylic acids is 1. The van der Waals surface area contributed by atoms with Crippen molar-refractivity contribution < 1.29 is 4.79 Å². The van der Waals surface area contributed by atoms with Gasteiger partial charge >= 0.3 is 0 Å². The van der Waals surface area contributed by atoms with Gasteiger partial charge in [-0.2, -0.15) is 0 Å². The standard InChI is InChI=1S/C6H11NO/c1-2-6(5-8)3-4-7/h4-7H,2-3H2,1H3. The normalized spacial score (nSPS) is 12.6. The Kier molecular flexibility index (Phi) is 4.13. The molecule has 0 saturated carbocycles. The van der Waals surface area contributed by atoms with Gasteiger partial charge in [0.2, 0.25) is 0 Å². The van der Waals surface area contributed by atoms with Gasteiger partial charge in [-0.15, -0.1) is 0 Å². The summed E-state index contributed by atoms with van der Waals surface area (Å²) in [5, 5.41) is 6.66. The van der Waals surface area contributed by atoms with Gasteiger partial charge in [-0.1, -0.05) is 6.92 Å². The second-order valence-electron chi connectivity index (χ2n) is 1.74. The molecule has 0 heterocycles. The molecular weight excluding hydrogens is 102 g/mol. The molecule has 0 bridgehead atoms. The molecule has 0 rings (SSSR count). The SMILES string of the molecule is CCC(C=O)CC=N. The highest BCUT2D eigenvalue weighted by Gasteiger charge is 1.98. The van der Waals surface area contributed by atoms with E-state index in [1.165, 1.54) is 6.21 Å². The minimum atomic E-state index is 0.0764. The van der Waals surface area contributed by atoms with E-state index in [-0.39, 0.29) is 5.92 Å². The molecule has 0 aromatic rings. The fourth-order valence-corrected chi connectivity index (χ4v) is 0.470. The van der Waals surface area contributed by atoms with Gasteiger partial charge in [0.25, 0.3) is 0 Å². The molecule has 0 saturated heterocycles. The highest BCUT2D eigenvalue weighted by Crippen LogP contribution is 2.00. The molecule has 0 aliphatic carbocycles. The Morgan fingerprint density at radius 3 is 2.50 bits per heavy atom. The molecule has 0 amide bonds. The Hall–Kier alpha value is -0.660. The van der Waals surface area contributed by atoms with E-state index in [2.05, 4.69) is 0 Å². The molecule has 0 aliphatic rings. The van der Waals surface area contributed by atoms with E-state index in [1.54, 1.807) is 0 Å². The molecule has 2 nitrogen and oxygen atoms in total. The predicted molar refractivity (Wildman–Crippen MR) is 33.2 cm³/mol. The summed E-state index contributed by atoms with van der Waals surface area (Å²) < 4.78 is 0. The van der Waals surface area contributed by atoms with Crippen LogP contribution in [0, 0.1) is 11.3 Å². The number of aldehydes is 1. The van der Waals surface area contributed by atoms with Gasteiger partial charge in [-0.3, -0.25) is 0 Å². The van der Waals surface area contributed by atoms with Gasteiger partial charge < -0.3 is 10.2 Å². The Balaban J connectivity index is 3.35. The largest absolute Gasteiger partial charge is 0.313 e. The molecule has 46 valence electrons. The summed E-state index contributed by atoms with van der Waals surface area (Å²) in [6.45, 7) is 1.95. The molecule has 2 heteroatoms. The Morgan fingerprint density at radius 1 is 1.75 bits per heavy atom. The first-order valence-electron chi connectivity index (χ1n) is 2.79. The van der Waals surface area contributed by atoms with Crippen LogP contribution in [0.1, 0.15) is 19.8 Å². The van der Waals surface area contributed by atoms with Crippen molar-refractivity contribution >= 4 is 12.5 Å². The molecule has 0 aliphatic heterocycles. The highest BCUT2D eigenvalue weighted by atomic mass is 16.1. The van der Waals surface area contributed by atoms with Gasteiger partial charge in [0.05, 0.1) is 0 Å². The molecular formula is C6H11NO. The molecule has 1 atom stereocenters. The summed E-state index contributed by atoms with van der Waals surface area (Å²) in [7, 11) is 0. The molecule has 1 unspecified atom stereocenters. The molecule has 1 N–H and O–H groups in total. The van der Waals surface area contributed by atoms with Crippen molar-refractivity contribution in [2.75, 3.05) is 0 Å². The lowest BCUT2D eigenvalue weighted by Gasteiger charge is -1.98. The average Bonchev–Trinajstić information content (AvgIpc) is 1.83. The van der Waals surface area contributed by atoms with E-state index in [1.807, 2.05) is 6.92 Å². The quantitative estimate of drug-likeness (QED) is 0.432. The smallest absolute Gasteiger partial charge is 0.123 e. The van der Waals surface area contributed by atoms with Crippen LogP contribution in [-0.4, -0.2) is 12.5 Å². The number of hydrogen-bond donors (Lipinski definition) is 1. The van der Waals surface area contributed by atoms with Crippen LogP contribution in [-0.2, 0) is 4.79 Å². The summed E-state index contributed by atoms with van der Waals surface area (Å²) in [5.41, 5.74) is 0. The van der Waals surface area contributed by atoms with Crippen molar-refractivity contribution in [2.45, 2.75) is 19.8 Å². The van der Waals surface area contributed by atoms with Crippen molar-refractivity contribution in [1.29, 1.82) is 5.41 Å². The van der Waals surface area contributed by atoms with E-state index in [0.29, 0.717) is 6.42 Å². The minimum Gasteiger partial charge on any atom is -0.313 e. The van der Waals surface area contributed by atoms with Crippen LogP contribution in [0.2, 0.25) is 0 Å². The van der Waals surface area contributed by atoms with Crippen LogP contribution in [0.25, 0.3) is 0 Å². The fraction of sp³-hybridized carbons (Fsp3) is 0.667. The van der Waals surface area contributed by atoms with E-state index >= 15 is 0 Å².